The van der Waals surface area contributed by atoms with Crippen molar-refractivity contribution in [3.63, 3.8) is 0 Å². The summed E-state index contributed by atoms with van der Waals surface area (Å²) in [7, 11) is -4.52. The predicted molar refractivity (Wildman–Crippen MR) is 161 cm³/mol. The topological polar surface area (TPSA) is 86.8 Å². The molecule has 2 amide bonds. The molecule has 3 aromatic rings. The summed E-state index contributed by atoms with van der Waals surface area (Å²) in [5.41, 5.74) is -0.939. The molecule has 3 aromatic carbocycles. The summed E-state index contributed by atoms with van der Waals surface area (Å²) in [5.74, 6) is -1.15. The number of hydrogen-bond donors (Lipinski definition) is 1. The van der Waals surface area contributed by atoms with Gasteiger partial charge in [-0.2, -0.15) is 13.2 Å². The Hall–Kier alpha value is -3.28. The van der Waals surface area contributed by atoms with E-state index in [4.69, 9.17) is 23.2 Å². The van der Waals surface area contributed by atoms with Crippen LogP contribution < -0.4 is 9.62 Å². The van der Waals surface area contributed by atoms with Gasteiger partial charge in [0.2, 0.25) is 11.8 Å². The van der Waals surface area contributed by atoms with Crippen LogP contribution in [0.25, 0.3) is 0 Å². The van der Waals surface area contributed by atoms with E-state index in [0.717, 1.165) is 12.1 Å². The van der Waals surface area contributed by atoms with E-state index in [9.17, 15) is 31.2 Å². The molecule has 0 aliphatic carbocycles. The van der Waals surface area contributed by atoms with E-state index in [1.54, 1.807) is 19.1 Å². The van der Waals surface area contributed by atoms with Crippen molar-refractivity contribution in [3.05, 3.63) is 94.0 Å². The highest BCUT2D eigenvalue weighted by Crippen LogP contribution is 2.33. The molecule has 1 atom stereocenters. The molecule has 0 bridgehead atoms. The Morgan fingerprint density at radius 1 is 0.930 bits per heavy atom. The van der Waals surface area contributed by atoms with Crippen molar-refractivity contribution in [1.29, 1.82) is 0 Å². The van der Waals surface area contributed by atoms with Gasteiger partial charge >= 0.3 is 6.18 Å². The summed E-state index contributed by atoms with van der Waals surface area (Å²) in [6.07, 6.45) is -4.59. The van der Waals surface area contributed by atoms with Crippen LogP contribution in [0.5, 0.6) is 0 Å². The van der Waals surface area contributed by atoms with Crippen LogP contribution in [0.1, 0.15) is 38.3 Å². The van der Waals surface area contributed by atoms with Gasteiger partial charge in [0.25, 0.3) is 10.0 Å². The average Bonchev–Trinajstić information content (AvgIpc) is 2.96. The van der Waals surface area contributed by atoms with Crippen LogP contribution in [0, 0.1) is 5.92 Å². The molecule has 0 saturated heterocycles. The van der Waals surface area contributed by atoms with Crippen LogP contribution in [-0.4, -0.2) is 44.3 Å². The van der Waals surface area contributed by atoms with Crippen molar-refractivity contribution in [2.45, 2.75) is 50.9 Å². The Morgan fingerprint density at radius 2 is 1.60 bits per heavy atom. The molecule has 0 heterocycles. The molecule has 13 heteroatoms. The summed E-state index contributed by atoms with van der Waals surface area (Å²) in [5, 5.41) is 3.29. The minimum atomic E-state index is -4.76. The number of anilines is 1. The van der Waals surface area contributed by atoms with E-state index in [1.807, 2.05) is 13.8 Å². The Balaban J connectivity index is 2.11. The van der Waals surface area contributed by atoms with Crippen LogP contribution in [0.2, 0.25) is 10.0 Å². The van der Waals surface area contributed by atoms with E-state index in [1.165, 1.54) is 47.4 Å². The molecule has 43 heavy (non-hydrogen) atoms. The van der Waals surface area contributed by atoms with Crippen LogP contribution in [0.4, 0.5) is 18.9 Å². The number of alkyl halides is 3. The first-order chi connectivity index (χ1) is 20.1. The summed E-state index contributed by atoms with van der Waals surface area (Å²) < 4.78 is 69.1. The lowest BCUT2D eigenvalue weighted by Gasteiger charge is -2.33. The van der Waals surface area contributed by atoms with Gasteiger partial charge in [-0.25, -0.2) is 8.42 Å². The molecule has 1 N–H and O–H groups in total. The minimum Gasteiger partial charge on any atom is -0.354 e. The molecule has 232 valence electrons. The van der Waals surface area contributed by atoms with Crippen LogP contribution in [0.15, 0.2) is 77.7 Å². The van der Waals surface area contributed by atoms with Crippen molar-refractivity contribution < 1.29 is 31.2 Å². The van der Waals surface area contributed by atoms with Crippen LogP contribution in [-0.2, 0) is 32.3 Å². The molecule has 0 unspecified atom stereocenters. The van der Waals surface area contributed by atoms with Gasteiger partial charge in [0.15, 0.2) is 0 Å². The zero-order valence-corrected chi connectivity index (χ0v) is 26.1. The molecule has 0 aliphatic rings. The number of benzene rings is 3. The molecule has 0 fully saturated rings. The highest BCUT2D eigenvalue weighted by molar-refractivity contribution is 7.92. The van der Waals surface area contributed by atoms with Gasteiger partial charge in [0.05, 0.1) is 26.2 Å². The number of hydrogen-bond acceptors (Lipinski definition) is 4. The Kier molecular flexibility index (Phi) is 11.5. The number of sulfonamides is 1. The first kappa shape index (κ1) is 34.2. The molecular formula is C30H32Cl2F3N3O4S. The molecule has 0 spiro atoms. The normalized spacial score (nSPS) is 12.6. The smallest absolute Gasteiger partial charge is 0.354 e. The van der Waals surface area contributed by atoms with E-state index in [0.29, 0.717) is 22.5 Å². The lowest BCUT2D eigenvalue weighted by Crippen LogP contribution is -2.52. The maximum absolute atomic E-state index is 14.0. The van der Waals surface area contributed by atoms with Crippen molar-refractivity contribution in [3.8, 4) is 0 Å². The van der Waals surface area contributed by atoms with Crippen molar-refractivity contribution in [2.24, 2.45) is 5.92 Å². The number of nitrogens with one attached hydrogen (secondary N) is 1. The first-order valence-corrected chi connectivity index (χ1v) is 15.6. The Bertz CT molecular complexity index is 1540. The third-order valence-corrected chi connectivity index (χ3v) is 9.01. The number of carbonyl (C=O) groups excluding carboxylic acids is 2. The molecule has 7 nitrogen and oxygen atoms in total. The van der Waals surface area contributed by atoms with Gasteiger partial charge in [-0.1, -0.05) is 74.3 Å². The Labute approximate surface area is 259 Å². The number of rotatable bonds is 12. The lowest BCUT2D eigenvalue weighted by molar-refractivity contribution is -0.140. The van der Waals surface area contributed by atoms with Crippen LogP contribution >= 0.6 is 23.2 Å². The number of nitrogens with zero attached hydrogens (tertiary/aromatic N) is 2. The van der Waals surface area contributed by atoms with Crippen molar-refractivity contribution in [1.82, 2.24) is 10.2 Å². The van der Waals surface area contributed by atoms with Crippen molar-refractivity contribution in [2.75, 3.05) is 17.4 Å². The maximum Gasteiger partial charge on any atom is 0.416 e. The fourth-order valence-electron chi connectivity index (χ4n) is 4.26. The third-order valence-electron chi connectivity index (χ3n) is 6.48. The Morgan fingerprint density at radius 3 is 2.19 bits per heavy atom. The van der Waals surface area contributed by atoms with Gasteiger partial charge < -0.3 is 10.2 Å². The van der Waals surface area contributed by atoms with Gasteiger partial charge in [-0.15, -0.1) is 0 Å². The molecule has 0 saturated carbocycles. The zero-order chi connectivity index (χ0) is 31.9. The van der Waals surface area contributed by atoms with Gasteiger partial charge in [0, 0.05) is 13.1 Å². The van der Waals surface area contributed by atoms with E-state index >= 15 is 0 Å². The first-order valence-electron chi connectivity index (χ1n) is 13.4. The fraction of sp³-hybridized carbons (Fsp3) is 0.333. The molecule has 0 aliphatic heterocycles. The van der Waals surface area contributed by atoms with E-state index in [-0.39, 0.29) is 39.5 Å². The van der Waals surface area contributed by atoms with Crippen LogP contribution in [0.3, 0.4) is 0 Å². The molecule has 3 rings (SSSR count). The maximum atomic E-state index is 14.0. The molecule has 0 aromatic heterocycles. The number of halogens is 5. The number of carbonyl (C=O) groups is 2. The van der Waals surface area contributed by atoms with Gasteiger partial charge in [0.1, 0.15) is 12.6 Å². The second kappa shape index (κ2) is 14.5. The highest BCUT2D eigenvalue weighted by atomic mass is 35.5. The van der Waals surface area contributed by atoms with Crippen molar-refractivity contribution >= 4 is 50.7 Å². The monoisotopic (exact) mass is 657 g/mol. The second-order valence-corrected chi connectivity index (χ2v) is 12.9. The standard InChI is InChI=1S/C30H32Cl2F3N3O4S/c1-4-27(29(40)36-17-20(2)3)37(18-21-13-14-25(31)26(32)15-21)28(39)19-38(43(41,42)24-11-6-5-7-12-24)23-10-8-9-22(16-23)30(33,34)35/h5-16,20,27H,4,17-19H2,1-3H3,(H,36,40)/t27-/m1/s1. The number of amides is 2. The summed E-state index contributed by atoms with van der Waals surface area (Å²) in [6.45, 7) is 4.81. The predicted octanol–water partition coefficient (Wildman–Crippen LogP) is 6.79. The van der Waals surface area contributed by atoms with E-state index in [2.05, 4.69) is 5.32 Å². The van der Waals surface area contributed by atoms with Gasteiger partial charge in [-0.3, -0.25) is 13.9 Å². The zero-order valence-electron chi connectivity index (χ0n) is 23.7. The second-order valence-electron chi connectivity index (χ2n) is 10.2. The molecule has 0 radical (unpaired) electrons. The SMILES string of the molecule is CC[C@H](C(=O)NCC(C)C)N(Cc1ccc(Cl)c(Cl)c1)C(=O)CN(c1cccc(C(F)(F)F)c1)S(=O)(=O)c1ccccc1. The third kappa shape index (κ3) is 8.87. The summed E-state index contributed by atoms with van der Waals surface area (Å²) >= 11 is 12.2. The highest BCUT2D eigenvalue weighted by Gasteiger charge is 2.36. The van der Waals surface area contributed by atoms with E-state index < -0.39 is 46.2 Å². The fourth-order valence-corrected chi connectivity index (χ4v) is 6.01. The van der Waals surface area contributed by atoms with Gasteiger partial charge in [-0.05, 0) is 60.4 Å². The molecular weight excluding hydrogens is 626 g/mol. The largest absolute Gasteiger partial charge is 0.416 e. The summed E-state index contributed by atoms with van der Waals surface area (Å²) in [4.78, 5) is 28.3. The lowest BCUT2D eigenvalue weighted by atomic mass is 10.1. The summed E-state index contributed by atoms with van der Waals surface area (Å²) in [6, 6.07) is 14.4. The average molecular weight is 659 g/mol. The minimum absolute atomic E-state index is 0.119. The quantitative estimate of drug-likeness (QED) is 0.232.